The summed E-state index contributed by atoms with van der Waals surface area (Å²) < 4.78 is 0. The number of ketones is 1. The number of hydrogen-bond donors (Lipinski definition) is 1. The maximum Gasteiger partial charge on any atom is 0.160 e. The van der Waals surface area contributed by atoms with Crippen LogP contribution in [0.4, 0.5) is 0 Å². The molecule has 66 valence electrons. The maximum atomic E-state index is 10.9. The van der Waals surface area contributed by atoms with Crippen LogP contribution in [0.15, 0.2) is 0 Å². The van der Waals surface area contributed by atoms with Crippen molar-refractivity contribution in [3.05, 3.63) is 0 Å². The van der Waals surface area contributed by atoms with E-state index in [2.05, 4.69) is 13.8 Å². The van der Waals surface area contributed by atoms with Crippen molar-refractivity contribution in [2.75, 3.05) is 6.61 Å². The molecule has 0 rings (SSSR count). The average molecular weight is 158 g/mol. The molecular formula is C9H18O2. The molecule has 0 heterocycles. The van der Waals surface area contributed by atoms with Gasteiger partial charge in [-0.3, -0.25) is 4.79 Å². The van der Waals surface area contributed by atoms with Crippen LogP contribution in [0.5, 0.6) is 0 Å². The summed E-state index contributed by atoms with van der Waals surface area (Å²) in [5.41, 5.74) is 0. The first kappa shape index (κ1) is 10.6. The van der Waals surface area contributed by atoms with Crippen LogP contribution in [0.2, 0.25) is 0 Å². The van der Waals surface area contributed by atoms with Gasteiger partial charge in [0.05, 0.1) is 0 Å². The zero-order valence-electron chi connectivity index (χ0n) is 7.63. The molecule has 0 bridgehead atoms. The summed E-state index contributed by atoms with van der Waals surface area (Å²) in [7, 11) is 0. The Bertz CT molecular complexity index is 119. The summed E-state index contributed by atoms with van der Waals surface area (Å²) in [6.07, 6.45) is 1.96. The van der Waals surface area contributed by atoms with E-state index in [-0.39, 0.29) is 18.3 Å². The third-order valence-corrected chi connectivity index (χ3v) is 1.88. The lowest BCUT2D eigenvalue weighted by atomic mass is 9.96. The molecule has 0 saturated heterocycles. The van der Waals surface area contributed by atoms with Crippen LogP contribution in [0.25, 0.3) is 0 Å². The molecule has 11 heavy (non-hydrogen) atoms. The monoisotopic (exact) mass is 158 g/mol. The smallest absolute Gasteiger partial charge is 0.160 e. The van der Waals surface area contributed by atoms with Gasteiger partial charge in [0.1, 0.15) is 6.61 Å². The molecule has 0 fully saturated rings. The topological polar surface area (TPSA) is 37.3 Å². The van der Waals surface area contributed by atoms with E-state index in [4.69, 9.17) is 5.11 Å². The lowest BCUT2D eigenvalue weighted by Gasteiger charge is -2.09. The minimum Gasteiger partial charge on any atom is -0.389 e. The van der Waals surface area contributed by atoms with Gasteiger partial charge in [-0.05, 0) is 12.3 Å². The van der Waals surface area contributed by atoms with E-state index in [0.717, 1.165) is 12.8 Å². The van der Waals surface area contributed by atoms with Gasteiger partial charge in [-0.1, -0.05) is 27.2 Å². The number of hydrogen-bond acceptors (Lipinski definition) is 2. The molecular weight excluding hydrogens is 140 g/mol. The molecule has 0 aromatic heterocycles. The van der Waals surface area contributed by atoms with E-state index in [9.17, 15) is 4.79 Å². The summed E-state index contributed by atoms with van der Waals surface area (Å²) in [5, 5.41) is 8.52. The summed E-state index contributed by atoms with van der Waals surface area (Å²) in [6.45, 7) is 5.84. The van der Waals surface area contributed by atoms with E-state index in [1.165, 1.54) is 0 Å². The zero-order valence-corrected chi connectivity index (χ0v) is 7.63. The normalized spacial score (nSPS) is 13.5. The Morgan fingerprint density at radius 2 is 1.82 bits per heavy atom. The Kier molecular flexibility index (Phi) is 5.12. The molecule has 2 heteroatoms. The number of rotatable bonds is 5. The average Bonchev–Trinajstić information content (AvgIpc) is 1.98. The van der Waals surface area contributed by atoms with Gasteiger partial charge >= 0.3 is 0 Å². The number of Topliss-reactive ketones (excluding diaryl/α,β-unsaturated/α-hetero) is 1. The van der Waals surface area contributed by atoms with Gasteiger partial charge in [0.15, 0.2) is 5.78 Å². The number of aliphatic hydroxyl groups excluding tert-OH is 1. The molecule has 1 atom stereocenters. The Morgan fingerprint density at radius 1 is 1.27 bits per heavy atom. The number of aliphatic hydroxyl groups is 1. The second-order valence-electron chi connectivity index (χ2n) is 3.50. The van der Waals surface area contributed by atoms with Crippen LogP contribution in [0.3, 0.4) is 0 Å². The lowest BCUT2D eigenvalue weighted by molar-refractivity contribution is -0.125. The highest BCUT2D eigenvalue weighted by Gasteiger charge is 2.11. The third-order valence-electron chi connectivity index (χ3n) is 1.88. The lowest BCUT2D eigenvalue weighted by Crippen LogP contribution is -2.15. The first-order chi connectivity index (χ1) is 5.07. The minimum absolute atomic E-state index is 0.0300. The van der Waals surface area contributed by atoms with Crippen LogP contribution in [-0.2, 0) is 4.79 Å². The van der Waals surface area contributed by atoms with Gasteiger partial charge in [-0.25, -0.2) is 0 Å². The fourth-order valence-corrected chi connectivity index (χ4v) is 0.900. The second kappa shape index (κ2) is 5.30. The van der Waals surface area contributed by atoms with E-state index in [1.807, 2.05) is 6.92 Å². The summed E-state index contributed by atoms with van der Waals surface area (Å²) in [4.78, 5) is 10.9. The van der Waals surface area contributed by atoms with Crippen molar-refractivity contribution in [1.82, 2.24) is 0 Å². The first-order valence-electron chi connectivity index (χ1n) is 4.21. The largest absolute Gasteiger partial charge is 0.389 e. The Morgan fingerprint density at radius 3 is 2.18 bits per heavy atom. The van der Waals surface area contributed by atoms with E-state index < -0.39 is 0 Å². The van der Waals surface area contributed by atoms with Crippen molar-refractivity contribution >= 4 is 5.78 Å². The third kappa shape index (κ3) is 4.96. The van der Waals surface area contributed by atoms with Gasteiger partial charge in [-0.15, -0.1) is 0 Å². The van der Waals surface area contributed by atoms with Crippen molar-refractivity contribution in [3.63, 3.8) is 0 Å². The predicted molar refractivity (Wildman–Crippen MR) is 45.3 cm³/mol. The Labute approximate surface area is 68.6 Å². The molecule has 0 aromatic rings. The fourth-order valence-electron chi connectivity index (χ4n) is 0.900. The molecule has 1 unspecified atom stereocenters. The van der Waals surface area contributed by atoms with E-state index >= 15 is 0 Å². The molecule has 1 N–H and O–H groups in total. The van der Waals surface area contributed by atoms with Crippen molar-refractivity contribution in [2.45, 2.75) is 33.6 Å². The summed E-state index contributed by atoms with van der Waals surface area (Å²) in [6, 6.07) is 0. The van der Waals surface area contributed by atoms with Gasteiger partial charge in [0.25, 0.3) is 0 Å². The molecule has 0 spiro atoms. The van der Waals surface area contributed by atoms with Crippen LogP contribution < -0.4 is 0 Å². The number of carbonyl (C=O) groups is 1. The molecule has 0 amide bonds. The van der Waals surface area contributed by atoms with E-state index in [0.29, 0.717) is 5.92 Å². The quantitative estimate of drug-likeness (QED) is 0.660. The number of carbonyl (C=O) groups excluding carboxylic acids is 1. The SMILES string of the molecule is CC(C)CCC(C)C(=O)CO. The van der Waals surface area contributed by atoms with Gasteiger partial charge in [0, 0.05) is 5.92 Å². The first-order valence-corrected chi connectivity index (χ1v) is 4.21. The van der Waals surface area contributed by atoms with Gasteiger partial charge < -0.3 is 5.11 Å². The minimum atomic E-state index is -0.306. The van der Waals surface area contributed by atoms with Crippen LogP contribution in [-0.4, -0.2) is 17.5 Å². The molecule has 0 aromatic carbocycles. The van der Waals surface area contributed by atoms with Gasteiger partial charge in [-0.2, -0.15) is 0 Å². The molecule has 0 aliphatic rings. The van der Waals surface area contributed by atoms with Crippen molar-refractivity contribution in [1.29, 1.82) is 0 Å². The van der Waals surface area contributed by atoms with Crippen LogP contribution >= 0.6 is 0 Å². The summed E-state index contributed by atoms with van der Waals surface area (Å²) >= 11 is 0. The van der Waals surface area contributed by atoms with Crippen molar-refractivity contribution < 1.29 is 9.90 Å². The van der Waals surface area contributed by atoms with Crippen LogP contribution in [0.1, 0.15) is 33.6 Å². The van der Waals surface area contributed by atoms with E-state index in [1.54, 1.807) is 0 Å². The highest BCUT2D eigenvalue weighted by Crippen LogP contribution is 2.11. The summed E-state index contributed by atoms with van der Waals surface area (Å²) in [5.74, 6) is 0.636. The fraction of sp³-hybridized carbons (Fsp3) is 0.889. The predicted octanol–water partition coefficient (Wildman–Crippen LogP) is 1.62. The van der Waals surface area contributed by atoms with Gasteiger partial charge in [0.2, 0.25) is 0 Å². The van der Waals surface area contributed by atoms with Crippen LogP contribution in [0, 0.1) is 11.8 Å². The van der Waals surface area contributed by atoms with Crippen molar-refractivity contribution in [2.24, 2.45) is 11.8 Å². The highest BCUT2D eigenvalue weighted by atomic mass is 16.3. The Balaban J connectivity index is 3.52. The zero-order chi connectivity index (χ0) is 8.85. The highest BCUT2D eigenvalue weighted by molar-refractivity contribution is 5.81. The molecule has 0 radical (unpaired) electrons. The van der Waals surface area contributed by atoms with Crippen molar-refractivity contribution in [3.8, 4) is 0 Å². The molecule has 0 aliphatic heterocycles. The molecule has 0 saturated carbocycles. The molecule has 0 aliphatic carbocycles. The second-order valence-corrected chi connectivity index (χ2v) is 3.50. The molecule has 2 nitrogen and oxygen atoms in total. The maximum absolute atomic E-state index is 10.9. The Hall–Kier alpha value is -0.370. The standard InChI is InChI=1S/C9H18O2/c1-7(2)4-5-8(3)9(11)6-10/h7-8,10H,4-6H2,1-3H3.